The molecule has 18 heavy (non-hydrogen) atoms. The van der Waals surface area contributed by atoms with Crippen LogP contribution in [0.5, 0.6) is 5.75 Å². The van der Waals surface area contributed by atoms with E-state index in [4.69, 9.17) is 4.74 Å². The van der Waals surface area contributed by atoms with E-state index in [0.717, 1.165) is 24.0 Å². The lowest BCUT2D eigenvalue weighted by Crippen LogP contribution is -2.26. The van der Waals surface area contributed by atoms with E-state index in [1.54, 1.807) is 6.07 Å². The highest BCUT2D eigenvalue weighted by Gasteiger charge is 2.29. The van der Waals surface area contributed by atoms with Crippen LogP contribution in [0, 0.1) is 13.8 Å². The smallest absolute Gasteiger partial charge is 0.241 e. The number of hydrogen-bond acceptors (Lipinski definition) is 3. The van der Waals surface area contributed by atoms with Gasteiger partial charge in [0.2, 0.25) is 10.0 Å². The van der Waals surface area contributed by atoms with Gasteiger partial charge in [0.25, 0.3) is 0 Å². The van der Waals surface area contributed by atoms with Crippen LogP contribution in [0.3, 0.4) is 0 Å². The molecule has 4 nitrogen and oxygen atoms in total. The van der Waals surface area contributed by atoms with Crippen molar-refractivity contribution in [1.82, 2.24) is 4.72 Å². The zero-order valence-corrected chi connectivity index (χ0v) is 11.8. The number of sulfonamides is 1. The molecule has 0 aliphatic heterocycles. The molecular weight excluding hydrogens is 250 g/mol. The summed E-state index contributed by atoms with van der Waals surface area (Å²) in [5.74, 6) is 0.638. The second kappa shape index (κ2) is 4.90. The van der Waals surface area contributed by atoms with Gasteiger partial charge in [-0.3, -0.25) is 0 Å². The number of hydrogen-bond donors (Lipinski definition) is 1. The molecule has 0 radical (unpaired) electrons. The van der Waals surface area contributed by atoms with Crippen LogP contribution in [0.15, 0.2) is 17.0 Å². The summed E-state index contributed by atoms with van der Waals surface area (Å²) in [6.45, 7) is 6.14. The third-order valence-electron chi connectivity index (χ3n) is 2.96. The second-order valence-corrected chi connectivity index (χ2v) is 6.39. The van der Waals surface area contributed by atoms with Crippen molar-refractivity contribution in [2.45, 2.75) is 44.6 Å². The Morgan fingerprint density at radius 3 is 2.50 bits per heavy atom. The molecule has 1 fully saturated rings. The fourth-order valence-corrected chi connectivity index (χ4v) is 3.44. The summed E-state index contributed by atoms with van der Waals surface area (Å²) in [6, 6.07) is 3.59. The molecule has 1 aromatic carbocycles. The van der Waals surface area contributed by atoms with Gasteiger partial charge >= 0.3 is 0 Å². The lowest BCUT2D eigenvalue weighted by atomic mass is 10.1. The van der Waals surface area contributed by atoms with Gasteiger partial charge in [0, 0.05) is 12.1 Å². The number of ether oxygens (including phenoxy) is 1. The van der Waals surface area contributed by atoms with Crippen molar-refractivity contribution in [1.29, 1.82) is 0 Å². The molecule has 0 atom stereocenters. The Kier molecular flexibility index (Phi) is 3.64. The first-order chi connectivity index (χ1) is 8.44. The Balaban J connectivity index is 2.39. The Bertz CT molecular complexity index is 548. The molecule has 1 aromatic rings. The largest absolute Gasteiger partial charge is 0.494 e. The van der Waals surface area contributed by atoms with E-state index < -0.39 is 10.0 Å². The second-order valence-electron chi connectivity index (χ2n) is 4.71. The lowest BCUT2D eigenvalue weighted by Gasteiger charge is -2.13. The van der Waals surface area contributed by atoms with Gasteiger partial charge in [-0.1, -0.05) is 6.07 Å². The highest BCUT2D eigenvalue weighted by Crippen LogP contribution is 2.28. The quantitative estimate of drug-likeness (QED) is 0.891. The van der Waals surface area contributed by atoms with E-state index in [2.05, 4.69) is 4.72 Å². The molecule has 0 heterocycles. The van der Waals surface area contributed by atoms with Crippen molar-refractivity contribution < 1.29 is 13.2 Å². The lowest BCUT2D eigenvalue weighted by molar-refractivity contribution is 0.336. The van der Waals surface area contributed by atoms with Gasteiger partial charge in [0.15, 0.2) is 0 Å². The van der Waals surface area contributed by atoms with Gasteiger partial charge in [0.05, 0.1) is 11.5 Å². The average molecular weight is 269 g/mol. The first-order valence-electron chi connectivity index (χ1n) is 6.20. The maximum Gasteiger partial charge on any atom is 0.241 e. The molecule has 0 spiro atoms. The zero-order chi connectivity index (χ0) is 13.3. The van der Waals surface area contributed by atoms with Gasteiger partial charge in [-0.15, -0.1) is 0 Å². The molecule has 0 amide bonds. The highest BCUT2D eigenvalue weighted by molar-refractivity contribution is 7.89. The molecule has 2 rings (SSSR count). The van der Waals surface area contributed by atoms with Crippen molar-refractivity contribution >= 4 is 10.0 Å². The molecule has 1 aliphatic carbocycles. The van der Waals surface area contributed by atoms with Crippen molar-refractivity contribution in [3.63, 3.8) is 0 Å². The number of aryl methyl sites for hydroxylation is 2. The van der Waals surface area contributed by atoms with E-state index in [1.165, 1.54) is 0 Å². The standard InChI is InChI=1S/C13H19NO3S/c1-4-17-12-8-13(10(3)7-9(12)2)18(15,16)14-11-5-6-11/h7-8,11,14H,4-6H2,1-3H3. The number of rotatable bonds is 5. The van der Waals surface area contributed by atoms with Crippen LogP contribution in [-0.4, -0.2) is 21.1 Å². The average Bonchev–Trinajstić information content (AvgIpc) is 3.05. The molecule has 1 N–H and O–H groups in total. The summed E-state index contributed by atoms with van der Waals surface area (Å²) >= 11 is 0. The van der Waals surface area contributed by atoms with Crippen molar-refractivity contribution in [2.24, 2.45) is 0 Å². The first-order valence-corrected chi connectivity index (χ1v) is 7.68. The maximum atomic E-state index is 12.2. The van der Waals surface area contributed by atoms with E-state index in [9.17, 15) is 8.42 Å². The van der Waals surface area contributed by atoms with Crippen LogP contribution in [0.1, 0.15) is 30.9 Å². The fourth-order valence-electron chi connectivity index (χ4n) is 1.90. The van der Waals surface area contributed by atoms with E-state index in [0.29, 0.717) is 17.3 Å². The third kappa shape index (κ3) is 2.84. The number of benzene rings is 1. The fraction of sp³-hybridized carbons (Fsp3) is 0.538. The molecule has 1 aliphatic rings. The van der Waals surface area contributed by atoms with Crippen LogP contribution in [0.25, 0.3) is 0 Å². The van der Waals surface area contributed by atoms with Crippen LogP contribution >= 0.6 is 0 Å². The molecule has 0 bridgehead atoms. The van der Waals surface area contributed by atoms with E-state index >= 15 is 0 Å². The Morgan fingerprint density at radius 2 is 1.94 bits per heavy atom. The van der Waals surface area contributed by atoms with Gasteiger partial charge < -0.3 is 4.74 Å². The minimum absolute atomic E-state index is 0.117. The van der Waals surface area contributed by atoms with Crippen molar-refractivity contribution in [3.8, 4) is 5.75 Å². The van der Waals surface area contributed by atoms with Gasteiger partial charge in [0.1, 0.15) is 5.75 Å². The zero-order valence-electron chi connectivity index (χ0n) is 11.0. The van der Waals surface area contributed by atoms with Gasteiger partial charge in [-0.2, -0.15) is 0 Å². The monoisotopic (exact) mass is 269 g/mol. The summed E-state index contributed by atoms with van der Waals surface area (Å²) in [4.78, 5) is 0.323. The first kappa shape index (κ1) is 13.4. The minimum atomic E-state index is -3.42. The van der Waals surface area contributed by atoms with Crippen molar-refractivity contribution in [2.75, 3.05) is 6.61 Å². The SMILES string of the molecule is CCOc1cc(S(=O)(=O)NC2CC2)c(C)cc1C. The molecule has 1 saturated carbocycles. The van der Waals surface area contributed by atoms with Crippen LogP contribution < -0.4 is 9.46 Å². The molecular formula is C13H19NO3S. The summed E-state index contributed by atoms with van der Waals surface area (Å²) < 4.78 is 32.6. The molecule has 100 valence electrons. The van der Waals surface area contributed by atoms with E-state index in [-0.39, 0.29) is 6.04 Å². The summed E-state index contributed by atoms with van der Waals surface area (Å²) in [5.41, 5.74) is 1.71. The van der Waals surface area contributed by atoms with Crippen LogP contribution in [0.4, 0.5) is 0 Å². The third-order valence-corrected chi connectivity index (χ3v) is 4.62. The molecule has 0 unspecified atom stereocenters. The summed E-state index contributed by atoms with van der Waals surface area (Å²) in [6.07, 6.45) is 1.87. The number of nitrogens with one attached hydrogen (secondary N) is 1. The minimum Gasteiger partial charge on any atom is -0.494 e. The van der Waals surface area contributed by atoms with Crippen LogP contribution in [0.2, 0.25) is 0 Å². The highest BCUT2D eigenvalue weighted by atomic mass is 32.2. The predicted molar refractivity (Wildman–Crippen MR) is 70.4 cm³/mol. The van der Waals surface area contributed by atoms with Gasteiger partial charge in [-0.25, -0.2) is 13.1 Å². The van der Waals surface area contributed by atoms with Gasteiger partial charge in [-0.05, 0) is 44.7 Å². The van der Waals surface area contributed by atoms with Crippen molar-refractivity contribution in [3.05, 3.63) is 23.3 Å². The molecule has 0 aromatic heterocycles. The maximum absolute atomic E-state index is 12.2. The topological polar surface area (TPSA) is 55.4 Å². The summed E-state index contributed by atoms with van der Waals surface area (Å²) in [7, 11) is -3.42. The Hall–Kier alpha value is -1.07. The molecule has 5 heteroatoms. The molecule has 0 saturated heterocycles. The Morgan fingerprint density at radius 1 is 1.28 bits per heavy atom. The normalized spacial score (nSPS) is 15.7. The summed E-state index contributed by atoms with van der Waals surface area (Å²) in [5, 5.41) is 0. The Labute approximate surface area is 108 Å². The van der Waals surface area contributed by atoms with E-state index in [1.807, 2.05) is 26.8 Å². The predicted octanol–water partition coefficient (Wildman–Crippen LogP) is 2.14. The van der Waals surface area contributed by atoms with Crippen LogP contribution in [-0.2, 0) is 10.0 Å².